The van der Waals surface area contributed by atoms with Crippen molar-refractivity contribution in [2.75, 3.05) is 0 Å². The molecule has 1 aliphatic carbocycles. The summed E-state index contributed by atoms with van der Waals surface area (Å²) in [5.41, 5.74) is 4.72. The van der Waals surface area contributed by atoms with Crippen molar-refractivity contribution in [1.29, 1.82) is 5.26 Å². The summed E-state index contributed by atoms with van der Waals surface area (Å²) in [4.78, 5) is 31.6. The van der Waals surface area contributed by atoms with Crippen LogP contribution in [0.5, 0.6) is 0 Å². The number of benzene rings is 1. The van der Waals surface area contributed by atoms with E-state index >= 15 is 0 Å². The van der Waals surface area contributed by atoms with Gasteiger partial charge in [0.25, 0.3) is 5.56 Å². The van der Waals surface area contributed by atoms with Crippen molar-refractivity contribution in [1.82, 2.24) is 18.7 Å². The van der Waals surface area contributed by atoms with E-state index in [-0.39, 0.29) is 22.1 Å². The zero-order valence-corrected chi connectivity index (χ0v) is 21.2. The third-order valence-electron chi connectivity index (χ3n) is 7.97. The molecule has 6 rings (SSSR count). The molecule has 1 unspecified atom stereocenters. The number of fused-ring (bicyclic) bond motifs is 4. The first-order chi connectivity index (χ1) is 16.6. The molecule has 3 aromatic heterocycles. The van der Waals surface area contributed by atoms with Gasteiger partial charge in [-0.2, -0.15) is 5.26 Å². The first-order valence-corrected chi connectivity index (χ1v) is 12.5. The minimum Gasteiger partial charge on any atom is -0.341 e. The maximum atomic E-state index is 13.6. The van der Waals surface area contributed by atoms with Crippen molar-refractivity contribution < 1.29 is 0 Å². The topological polar surface area (TPSA) is 85.6 Å². The quantitative estimate of drug-likeness (QED) is 0.430. The summed E-state index contributed by atoms with van der Waals surface area (Å²) in [5.74, 6) is 0. The Hall–Kier alpha value is -3.70. The van der Waals surface area contributed by atoms with Crippen LogP contribution >= 0.6 is 11.3 Å². The fourth-order valence-electron chi connectivity index (χ4n) is 6.21. The van der Waals surface area contributed by atoms with Gasteiger partial charge < -0.3 is 4.57 Å². The second-order valence-corrected chi connectivity index (χ2v) is 11.2. The summed E-state index contributed by atoms with van der Waals surface area (Å²) < 4.78 is 5.02. The van der Waals surface area contributed by atoms with E-state index in [1.807, 2.05) is 25.1 Å². The molecule has 0 N–H and O–H groups in total. The van der Waals surface area contributed by atoms with Gasteiger partial charge in [0, 0.05) is 37.3 Å². The minimum absolute atomic E-state index is 0.182. The second kappa shape index (κ2) is 6.92. The smallest absolute Gasteiger partial charge is 0.331 e. The van der Waals surface area contributed by atoms with Crippen molar-refractivity contribution in [2.45, 2.75) is 39.2 Å². The van der Waals surface area contributed by atoms with Crippen LogP contribution in [0.4, 0.5) is 0 Å². The van der Waals surface area contributed by atoms with Crippen LogP contribution in [0.3, 0.4) is 0 Å². The lowest BCUT2D eigenvalue weighted by molar-refractivity contribution is 0.223. The largest absolute Gasteiger partial charge is 0.341 e. The highest BCUT2D eigenvalue weighted by Crippen LogP contribution is 2.65. The number of nitriles is 1. The van der Waals surface area contributed by atoms with E-state index in [4.69, 9.17) is 4.98 Å². The van der Waals surface area contributed by atoms with E-state index in [0.29, 0.717) is 23.0 Å². The Bertz CT molecular complexity index is 1770. The molecular formula is C27H25N5O2S. The van der Waals surface area contributed by atoms with Gasteiger partial charge in [-0.1, -0.05) is 32.1 Å². The Kier molecular flexibility index (Phi) is 4.31. The van der Waals surface area contributed by atoms with Crippen LogP contribution in [-0.4, -0.2) is 18.7 Å². The number of hydrogen-bond acceptors (Lipinski definition) is 5. The molecule has 0 fully saturated rings. The van der Waals surface area contributed by atoms with Crippen molar-refractivity contribution in [3.63, 3.8) is 0 Å². The molecule has 0 saturated carbocycles. The summed E-state index contributed by atoms with van der Waals surface area (Å²) in [6, 6.07) is 9.58. The number of aryl methyl sites for hydroxylation is 2. The molecule has 1 atom stereocenters. The highest BCUT2D eigenvalue weighted by atomic mass is 32.1. The number of aromatic nitrogens is 4. The molecule has 176 valence electrons. The normalized spacial score (nSPS) is 20.1. The number of hydrogen-bond donors (Lipinski definition) is 0. The van der Waals surface area contributed by atoms with Crippen molar-refractivity contribution in [3.8, 4) is 17.3 Å². The number of rotatable bonds is 2. The van der Waals surface area contributed by atoms with Crippen molar-refractivity contribution >= 4 is 27.8 Å². The predicted octanol–water partition coefficient (Wildman–Crippen LogP) is 4.11. The summed E-state index contributed by atoms with van der Waals surface area (Å²) in [6.07, 6.45) is 3.05. The standard InChI is InChI=1S/C27H25N5O2S/c1-15-13-35-23(29-15)18-9-10-27(18)22-21-19(24(33)31(5)25(34)30(21)4)20(32(22)14-26(27,2)3)17-8-6-7-16(11-17)12-28/h6-9,11,13H,10,14H2,1-5H3. The zero-order chi connectivity index (χ0) is 24.9. The molecule has 7 nitrogen and oxygen atoms in total. The summed E-state index contributed by atoms with van der Waals surface area (Å²) in [7, 11) is 3.27. The maximum Gasteiger partial charge on any atom is 0.331 e. The van der Waals surface area contributed by atoms with E-state index in [1.54, 1.807) is 29.0 Å². The Labute approximate surface area is 206 Å². The van der Waals surface area contributed by atoms with E-state index in [2.05, 4.69) is 35.9 Å². The Balaban J connectivity index is 1.79. The van der Waals surface area contributed by atoms with Gasteiger partial charge in [-0.05, 0) is 36.5 Å². The first-order valence-electron chi connectivity index (χ1n) is 11.6. The van der Waals surface area contributed by atoms with Crippen LogP contribution in [0.2, 0.25) is 0 Å². The molecule has 0 bridgehead atoms. The van der Waals surface area contributed by atoms with Crippen LogP contribution in [0.1, 0.15) is 42.2 Å². The highest BCUT2D eigenvalue weighted by molar-refractivity contribution is 7.10. The highest BCUT2D eigenvalue weighted by Gasteiger charge is 2.61. The van der Waals surface area contributed by atoms with Crippen molar-refractivity contribution in [2.24, 2.45) is 19.5 Å². The molecule has 1 aliphatic heterocycles. The van der Waals surface area contributed by atoms with E-state index in [9.17, 15) is 14.9 Å². The third kappa shape index (κ3) is 2.56. The van der Waals surface area contributed by atoms with E-state index in [1.165, 1.54) is 17.2 Å². The fourth-order valence-corrected chi connectivity index (χ4v) is 7.12. The number of thiazole rings is 1. The van der Waals surface area contributed by atoms with Gasteiger partial charge >= 0.3 is 5.69 Å². The average molecular weight is 484 g/mol. The van der Waals surface area contributed by atoms with E-state index < -0.39 is 0 Å². The number of nitrogens with zero attached hydrogens (tertiary/aromatic N) is 5. The zero-order valence-electron chi connectivity index (χ0n) is 20.3. The van der Waals surface area contributed by atoms with Gasteiger partial charge in [-0.25, -0.2) is 9.78 Å². The van der Waals surface area contributed by atoms with E-state index in [0.717, 1.165) is 34.1 Å². The Morgan fingerprint density at radius 1 is 1.17 bits per heavy atom. The minimum atomic E-state index is -0.378. The lowest BCUT2D eigenvalue weighted by Crippen LogP contribution is -2.45. The molecule has 0 amide bonds. The Morgan fingerprint density at radius 2 is 1.94 bits per heavy atom. The molecule has 1 aromatic carbocycles. The van der Waals surface area contributed by atoms with Crippen molar-refractivity contribution in [3.05, 3.63) is 78.5 Å². The van der Waals surface area contributed by atoms with Crippen LogP contribution < -0.4 is 11.2 Å². The number of allylic oxidation sites excluding steroid dienone is 2. The molecule has 0 saturated heterocycles. The van der Waals surface area contributed by atoms with Gasteiger partial charge in [-0.15, -0.1) is 11.3 Å². The molecule has 1 spiro atoms. The Morgan fingerprint density at radius 3 is 2.57 bits per heavy atom. The summed E-state index contributed by atoms with van der Waals surface area (Å²) in [6.45, 7) is 7.20. The lowest BCUT2D eigenvalue weighted by Gasteiger charge is -2.47. The molecular weight excluding hydrogens is 458 g/mol. The molecule has 0 radical (unpaired) electrons. The molecule has 35 heavy (non-hydrogen) atoms. The van der Waals surface area contributed by atoms with Crippen LogP contribution in [0.15, 0.2) is 45.3 Å². The maximum absolute atomic E-state index is 13.6. The molecule has 4 heterocycles. The SMILES string of the molecule is Cc1csc(C2=CCC23c2c4c(c(-c5cccc(C#N)c5)n2CC3(C)C)c(=O)n(C)c(=O)n4C)n1. The van der Waals surface area contributed by atoms with Crippen LogP contribution in [0, 0.1) is 23.7 Å². The molecule has 8 heteroatoms. The second-order valence-electron chi connectivity index (χ2n) is 10.3. The van der Waals surface area contributed by atoms with Gasteiger partial charge in [0.15, 0.2) is 0 Å². The monoisotopic (exact) mass is 483 g/mol. The van der Waals surface area contributed by atoms with Gasteiger partial charge in [0.1, 0.15) is 5.01 Å². The van der Waals surface area contributed by atoms with Gasteiger partial charge in [0.05, 0.1) is 39.3 Å². The average Bonchev–Trinajstić information content (AvgIpc) is 3.44. The third-order valence-corrected chi connectivity index (χ3v) is 8.96. The van der Waals surface area contributed by atoms with Gasteiger partial charge in [0.2, 0.25) is 0 Å². The predicted molar refractivity (Wildman–Crippen MR) is 137 cm³/mol. The fraction of sp³-hybridized carbons (Fsp3) is 0.333. The summed E-state index contributed by atoms with van der Waals surface area (Å²) >= 11 is 1.64. The first kappa shape index (κ1) is 21.8. The molecule has 2 aliphatic rings. The lowest BCUT2D eigenvalue weighted by atomic mass is 9.54. The summed E-state index contributed by atoms with van der Waals surface area (Å²) in [5, 5.41) is 13.1. The van der Waals surface area contributed by atoms with Crippen LogP contribution in [0.25, 0.3) is 27.7 Å². The van der Waals surface area contributed by atoms with Gasteiger partial charge in [-0.3, -0.25) is 13.9 Å². The van der Waals surface area contributed by atoms with Crippen LogP contribution in [-0.2, 0) is 26.1 Å². The molecule has 4 aromatic rings.